The van der Waals surface area contributed by atoms with Gasteiger partial charge in [-0.05, 0) is 31.4 Å². The van der Waals surface area contributed by atoms with Crippen molar-refractivity contribution < 1.29 is 46.6 Å². The molecule has 2 amide bonds. The Bertz CT molecular complexity index is 1300. The van der Waals surface area contributed by atoms with Crippen molar-refractivity contribution in [2.24, 2.45) is 5.92 Å². The lowest BCUT2D eigenvalue weighted by atomic mass is 10.1. The molecule has 1 aliphatic carbocycles. The van der Waals surface area contributed by atoms with E-state index in [0.29, 0.717) is 12.8 Å². The molecule has 1 aromatic heterocycles. The van der Waals surface area contributed by atoms with Gasteiger partial charge in [0.2, 0.25) is 23.4 Å². The van der Waals surface area contributed by atoms with E-state index in [1.54, 1.807) is 0 Å². The lowest BCUT2D eigenvalue weighted by Gasteiger charge is -2.22. The number of Topliss-reactive ketones (excluding diaryl/α,β-unsaturated/α-hetero) is 1. The molecule has 2 atom stereocenters. The summed E-state index contributed by atoms with van der Waals surface area (Å²) in [5.74, 6) is -13.1. The summed E-state index contributed by atoms with van der Waals surface area (Å²) < 4.78 is 60.0. The minimum absolute atomic E-state index is 0.00916. The topological polar surface area (TPSA) is 144 Å². The van der Waals surface area contributed by atoms with Gasteiger partial charge in [0.05, 0.1) is 6.42 Å². The molecule has 1 heterocycles. The van der Waals surface area contributed by atoms with Crippen LogP contribution in [0, 0.1) is 29.2 Å². The van der Waals surface area contributed by atoms with Gasteiger partial charge in [-0.2, -0.15) is 8.78 Å². The van der Waals surface area contributed by atoms with Crippen LogP contribution in [-0.2, 0) is 19.2 Å². The first-order valence-electron chi connectivity index (χ1n) is 11.5. The van der Waals surface area contributed by atoms with Crippen molar-refractivity contribution in [1.82, 2.24) is 9.88 Å². The molecule has 10 nitrogen and oxygen atoms in total. The number of nitrogens with one attached hydrogen (secondary N) is 2. The van der Waals surface area contributed by atoms with E-state index in [2.05, 4.69) is 15.4 Å². The zero-order valence-electron chi connectivity index (χ0n) is 19.9. The number of benzene rings is 1. The number of pyridine rings is 1. The molecular formula is C24H23F4N3O7. The van der Waals surface area contributed by atoms with E-state index < -0.39 is 77.3 Å². The second kappa shape index (κ2) is 11.9. The molecule has 2 aromatic rings. The number of aliphatic carboxylic acids is 1. The Balaban J connectivity index is 1.77. The van der Waals surface area contributed by atoms with Gasteiger partial charge in [-0.3, -0.25) is 24.0 Å². The third-order valence-corrected chi connectivity index (χ3v) is 5.72. The van der Waals surface area contributed by atoms with Gasteiger partial charge in [0, 0.05) is 18.2 Å². The molecule has 1 aliphatic rings. The second-order valence-electron chi connectivity index (χ2n) is 8.53. The number of hydrogen-bond donors (Lipinski definition) is 3. The summed E-state index contributed by atoms with van der Waals surface area (Å²) in [4.78, 5) is 61.8. The number of ether oxygens (including phenoxy) is 1. The predicted molar refractivity (Wildman–Crippen MR) is 122 cm³/mol. The molecule has 1 aromatic carbocycles. The lowest BCUT2D eigenvalue weighted by molar-refractivity contribution is -0.140. The summed E-state index contributed by atoms with van der Waals surface area (Å²) in [7, 11) is 0. The van der Waals surface area contributed by atoms with Crippen molar-refractivity contribution in [2.75, 3.05) is 11.9 Å². The Hall–Kier alpha value is -4.23. The van der Waals surface area contributed by atoms with Crippen LogP contribution in [0.2, 0.25) is 0 Å². The first-order chi connectivity index (χ1) is 17.9. The molecule has 0 bridgehead atoms. The number of carbonyl (C=O) groups excluding carboxylic acids is 3. The molecule has 14 heteroatoms. The third kappa shape index (κ3) is 6.55. The summed E-state index contributed by atoms with van der Waals surface area (Å²) >= 11 is 0. The van der Waals surface area contributed by atoms with E-state index >= 15 is 0 Å². The molecule has 1 saturated carbocycles. The van der Waals surface area contributed by atoms with Crippen molar-refractivity contribution >= 4 is 29.3 Å². The van der Waals surface area contributed by atoms with Crippen LogP contribution in [0.3, 0.4) is 0 Å². The number of carbonyl (C=O) groups is 4. The summed E-state index contributed by atoms with van der Waals surface area (Å²) in [6, 6.07) is -0.323. The Morgan fingerprint density at radius 3 is 2.32 bits per heavy atom. The number of carboxylic acids is 1. The standard InChI is InChI=1S/C24H23F4N3O7/c1-2-16(31-7-3-4-14(24(31)37)29-22(35)11-5-6-11)23(36)30-15(9-18(33)34)17(32)10-38-21-19(27)12(25)8-13(26)20(21)28/h3-4,7-8,11,15-16H,2,5-6,9-10H2,1H3,(H,29,35)(H,30,36)(H,33,34)/t15?,16-/m0/s1. The zero-order chi connectivity index (χ0) is 28.1. The zero-order valence-corrected chi connectivity index (χ0v) is 19.9. The maximum atomic E-state index is 13.8. The Morgan fingerprint density at radius 1 is 1.13 bits per heavy atom. The summed E-state index contributed by atoms with van der Waals surface area (Å²) in [6.07, 6.45) is 1.70. The van der Waals surface area contributed by atoms with E-state index in [1.165, 1.54) is 25.3 Å². The van der Waals surface area contributed by atoms with Crippen molar-refractivity contribution in [2.45, 2.75) is 44.7 Å². The van der Waals surface area contributed by atoms with Gasteiger partial charge >= 0.3 is 5.97 Å². The first kappa shape index (κ1) is 28.3. The number of anilines is 1. The van der Waals surface area contributed by atoms with Gasteiger partial charge in [0.25, 0.3) is 5.56 Å². The average Bonchev–Trinajstić information content (AvgIpc) is 3.70. The van der Waals surface area contributed by atoms with Crippen LogP contribution < -0.4 is 20.9 Å². The van der Waals surface area contributed by atoms with Crippen LogP contribution in [0.1, 0.15) is 38.6 Å². The maximum Gasteiger partial charge on any atom is 0.305 e. The average molecular weight is 541 g/mol. The number of nitrogens with zero attached hydrogens (tertiary/aromatic N) is 1. The monoisotopic (exact) mass is 541 g/mol. The molecule has 0 radical (unpaired) electrons. The molecule has 0 aliphatic heterocycles. The fourth-order valence-corrected chi connectivity index (χ4v) is 3.55. The molecule has 3 rings (SSSR count). The van der Waals surface area contributed by atoms with Gasteiger partial charge in [-0.25, -0.2) is 8.78 Å². The van der Waals surface area contributed by atoms with Crippen LogP contribution in [-0.4, -0.2) is 45.9 Å². The van der Waals surface area contributed by atoms with Crippen molar-refractivity contribution in [3.63, 3.8) is 0 Å². The quantitative estimate of drug-likeness (QED) is 0.276. The highest BCUT2D eigenvalue weighted by molar-refractivity contribution is 5.94. The molecular weight excluding hydrogens is 518 g/mol. The van der Waals surface area contributed by atoms with Crippen molar-refractivity contribution in [3.05, 3.63) is 58.0 Å². The molecule has 0 spiro atoms. The van der Waals surface area contributed by atoms with Crippen LogP contribution in [0.4, 0.5) is 23.2 Å². The molecule has 38 heavy (non-hydrogen) atoms. The van der Waals surface area contributed by atoms with Gasteiger partial charge in [0.15, 0.2) is 23.2 Å². The third-order valence-electron chi connectivity index (χ3n) is 5.72. The highest BCUT2D eigenvalue weighted by Crippen LogP contribution is 2.30. The molecule has 204 valence electrons. The van der Waals surface area contributed by atoms with E-state index in [0.717, 1.165) is 4.57 Å². The number of aromatic nitrogens is 1. The normalized spacial score (nSPS) is 14.3. The SMILES string of the molecule is CC[C@@H](C(=O)NC(CC(=O)O)C(=O)COc1c(F)c(F)cc(F)c1F)n1cccc(NC(=O)C2CC2)c1=O. The van der Waals surface area contributed by atoms with Crippen LogP contribution in [0.5, 0.6) is 5.75 Å². The van der Waals surface area contributed by atoms with Gasteiger partial charge < -0.3 is 25.0 Å². The summed E-state index contributed by atoms with van der Waals surface area (Å²) in [6.45, 7) is 0.293. The van der Waals surface area contributed by atoms with Crippen LogP contribution in [0.25, 0.3) is 0 Å². The largest absolute Gasteiger partial charge is 0.481 e. The fraction of sp³-hybridized carbons (Fsp3) is 0.375. The minimum atomic E-state index is -1.91. The van der Waals surface area contributed by atoms with Crippen molar-refractivity contribution in [1.29, 1.82) is 0 Å². The van der Waals surface area contributed by atoms with Gasteiger partial charge in [-0.15, -0.1) is 0 Å². The highest BCUT2D eigenvalue weighted by Gasteiger charge is 2.32. The van der Waals surface area contributed by atoms with Gasteiger partial charge in [0.1, 0.15) is 24.4 Å². The van der Waals surface area contributed by atoms with E-state index in [4.69, 9.17) is 5.11 Å². The van der Waals surface area contributed by atoms with E-state index in [-0.39, 0.29) is 30.0 Å². The molecule has 3 N–H and O–H groups in total. The smallest absolute Gasteiger partial charge is 0.305 e. The van der Waals surface area contributed by atoms with E-state index in [1.807, 2.05) is 0 Å². The predicted octanol–water partition coefficient (Wildman–Crippen LogP) is 2.31. The fourth-order valence-electron chi connectivity index (χ4n) is 3.55. The Labute approximate surface area is 212 Å². The number of ketones is 1. The number of carboxylic acid groups (broad SMARTS) is 1. The summed E-state index contributed by atoms with van der Waals surface area (Å²) in [5, 5.41) is 13.8. The molecule has 0 saturated heterocycles. The van der Waals surface area contributed by atoms with Gasteiger partial charge in [-0.1, -0.05) is 6.92 Å². The minimum Gasteiger partial charge on any atom is -0.481 e. The van der Waals surface area contributed by atoms with Crippen LogP contribution >= 0.6 is 0 Å². The Kier molecular flexibility index (Phi) is 8.86. The number of rotatable bonds is 12. The second-order valence-corrected chi connectivity index (χ2v) is 8.53. The number of halogens is 4. The lowest BCUT2D eigenvalue weighted by Crippen LogP contribution is -2.48. The van der Waals surface area contributed by atoms with Crippen molar-refractivity contribution in [3.8, 4) is 5.75 Å². The highest BCUT2D eigenvalue weighted by atomic mass is 19.2. The van der Waals surface area contributed by atoms with Crippen LogP contribution in [0.15, 0.2) is 29.2 Å². The Morgan fingerprint density at radius 2 is 1.76 bits per heavy atom. The molecule has 1 unspecified atom stereocenters. The summed E-state index contributed by atoms with van der Waals surface area (Å²) in [5.41, 5.74) is -0.791. The number of amides is 2. The number of hydrogen-bond acceptors (Lipinski definition) is 6. The maximum absolute atomic E-state index is 13.8. The molecule has 1 fully saturated rings. The van der Waals surface area contributed by atoms with E-state index in [9.17, 15) is 41.5 Å². The first-order valence-corrected chi connectivity index (χ1v) is 11.5.